The van der Waals surface area contributed by atoms with Crippen molar-refractivity contribution in [2.75, 3.05) is 20.8 Å². The van der Waals surface area contributed by atoms with Gasteiger partial charge in [0.05, 0.1) is 25.3 Å². The molecule has 0 spiro atoms. The van der Waals surface area contributed by atoms with Crippen LogP contribution in [0.4, 0.5) is 0 Å². The average Bonchev–Trinajstić information content (AvgIpc) is 3.14. The molecule has 2 aromatic carbocycles. The SMILES string of the molecule is CCCCN=C(N)c1ccc2c(c1)nc(-c1ccc(OC)c(OC)c1)n2CCCC. The van der Waals surface area contributed by atoms with Gasteiger partial charge in [0.15, 0.2) is 11.5 Å². The Kier molecular flexibility index (Phi) is 7.33. The molecular formula is C24H32N4O2. The van der Waals surface area contributed by atoms with Crippen LogP contribution >= 0.6 is 0 Å². The number of methoxy groups -OCH3 is 2. The molecule has 0 aliphatic carbocycles. The molecule has 0 saturated carbocycles. The fourth-order valence-corrected chi connectivity index (χ4v) is 3.48. The van der Waals surface area contributed by atoms with Crippen LogP contribution in [0.5, 0.6) is 11.5 Å². The van der Waals surface area contributed by atoms with E-state index in [0.29, 0.717) is 17.3 Å². The molecule has 30 heavy (non-hydrogen) atoms. The molecule has 1 heterocycles. The Hall–Kier alpha value is -3.02. The van der Waals surface area contributed by atoms with Crippen molar-refractivity contribution in [1.82, 2.24) is 9.55 Å². The molecule has 0 unspecified atom stereocenters. The lowest BCUT2D eigenvalue weighted by Gasteiger charge is -2.12. The zero-order chi connectivity index (χ0) is 21.5. The van der Waals surface area contributed by atoms with Crippen LogP contribution in [-0.2, 0) is 6.54 Å². The molecule has 2 N–H and O–H groups in total. The first-order valence-corrected chi connectivity index (χ1v) is 10.7. The molecule has 0 aliphatic rings. The monoisotopic (exact) mass is 408 g/mol. The predicted molar refractivity (Wildman–Crippen MR) is 124 cm³/mol. The number of nitrogens with two attached hydrogens (primary N) is 1. The highest BCUT2D eigenvalue weighted by atomic mass is 16.5. The lowest BCUT2D eigenvalue weighted by molar-refractivity contribution is 0.355. The maximum Gasteiger partial charge on any atom is 0.161 e. The van der Waals surface area contributed by atoms with Crippen LogP contribution < -0.4 is 15.2 Å². The molecule has 1 aromatic heterocycles. The first-order chi connectivity index (χ1) is 14.6. The molecule has 160 valence electrons. The Balaban J connectivity index is 2.08. The molecular weight excluding hydrogens is 376 g/mol. The number of unbranched alkanes of at least 4 members (excludes halogenated alkanes) is 2. The van der Waals surface area contributed by atoms with Crippen LogP contribution in [0.15, 0.2) is 41.4 Å². The van der Waals surface area contributed by atoms with Gasteiger partial charge in [-0.25, -0.2) is 4.98 Å². The van der Waals surface area contributed by atoms with E-state index in [2.05, 4.69) is 29.5 Å². The van der Waals surface area contributed by atoms with Crippen molar-refractivity contribution >= 4 is 16.9 Å². The van der Waals surface area contributed by atoms with E-state index in [1.165, 1.54) is 0 Å². The number of aromatic nitrogens is 2. The van der Waals surface area contributed by atoms with Crippen LogP contribution in [0.3, 0.4) is 0 Å². The number of ether oxygens (including phenoxy) is 2. The number of nitrogens with zero attached hydrogens (tertiary/aromatic N) is 3. The predicted octanol–water partition coefficient (Wildman–Crippen LogP) is 5.03. The van der Waals surface area contributed by atoms with Gasteiger partial charge in [-0.15, -0.1) is 0 Å². The smallest absolute Gasteiger partial charge is 0.161 e. The topological polar surface area (TPSA) is 74.7 Å². The van der Waals surface area contributed by atoms with Gasteiger partial charge in [-0.1, -0.05) is 26.7 Å². The molecule has 3 rings (SSSR count). The van der Waals surface area contributed by atoms with E-state index in [1.807, 2.05) is 30.3 Å². The highest BCUT2D eigenvalue weighted by Gasteiger charge is 2.16. The van der Waals surface area contributed by atoms with E-state index >= 15 is 0 Å². The number of imidazole rings is 1. The maximum absolute atomic E-state index is 6.22. The Labute approximate surface area is 178 Å². The summed E-state index contributed by atoms with van der Waals surface area (Å²) in [5.41, 5.74) is 10.1. The van der Waals surface area contributed by atoms with Gasteiger partial charge in [-0.3, -0.25) is 4.99 Å². The number of aliphatic imine (C=N–C) groups is 1. The Morgan fingerprint density at radius 2 is 1.77 bits per heavy atom. The van der Waals surface area contributed by atoms with Crippen LogP contribution in [0.2, 0.25) is 0 Å². The summed E-state index contributed by atoms with van der Waals surface area (Å²) in [6.07, 6.45) is 4.33. The summed E-state index contributed by atoms with van der Waals surface area (Å²) < 4.78 is 13.2. The minimum absolute atomic E-state index is 0.570. The summed E-state index contributed by atoms with van der Waals surface area (Å²) in [5.74, 6) is 2.88. The standard InChI is InChI=1S/C24H32N4O2/c1-5-7-13-26-23(25)17-9-11-20-19(15-17)27-24(28(20)14-8-6-2)18-10-12-21(29-3)22(16-18)30-4/h9-12,15-16H,5-8,13-14H2,1-4H3,(H2,25,26). The molecule has 6 nitrogen and oxygen atoms in total. The maximum atomic E-state index is 6.22. The molecule has 6 heteroatoms. The molecule has 3 aromatic rings. The lowest BCUT2D eigenvalue weighted by atomic mass is 10.1. The van der Waals surface area contributed by atoms with Gasteiger partial charge < -0.3 is 19.8 Å². The van der Waals surface area contributed by atoms with E-state index in [1.54, 1.807) is 14.2 Å². The summed E-state index contributed by atoms with van der Waals surface area (Å²) in [6.45, 7) is 6.00. The van der Waals surface area contributed by atoms with E-state index in [9.17, 15) is 0 Å². The largest absolute Gasteiger partial charge is 0.493 e. The molecule has 0 bridgehead atoms. The zero-order valence-corrected chi connectivity index (χ0v) is 18.4. The van der Waals surface area contributed by atoms with Crippen molar-refractivity contribution in [3.8, 4) is 22.9 Å². The van der Waals surface area contributed by atoms with Gasteiger partial charge in [-0.05, 0) is 49.2 Å². The second kappa shape index (κ2) is 10.1. The molecule has 0 atom stereocenters. The first-order valence-electron chi connectivity index (χ1n) is 10.7. The van der Waals surface area contributed by atoms with E-state index < -0.39 is 0 Å². The van der Waals surface area contributed by atoms with Crippen molar-refractivity contribution in [1.29, 1.82) is 0 Å². The third-order valence-electron chi connectivity index (χ3n) is 5.21. The van der Waals surface area contributed by atoms with Crippen LogP contribution in [-0.4, -0.2) is 36.2 Å². The zero-order valence-electron chi connectivity index (χ0n) is 18.4. The second-order valence-electron chi connectivity index (χ2n) is 7.33. The summed E-state index contributed by atoms with van der Waals surface area (Å²) in [4.78, 5) is 9.46. The van der Waals surface area contributed by atoms with Crippen molar-refractivity contribution in [2.24, 2.45) is 10.7 Å². The van der Waals surface area contributed by atoms with Crippen molar-refractivity contribution in [3.05, 3.63) is 42.0 Å². The van der Waals surface area contributed by atoms with Crippen LogP contribution in [0, 0.1) is 0 Å². The summed E-state index contributed by atoms with van der Waals surface area (Å²) in [6, 6.07) is 12.1. The van der Waals surface area contributed by atoms with Crippen molar-refractivity contribution in [2.45, 2.75) is 46.1 Å². The van der Waals surface area contributed by atoms with Crippen LogP contribution in [0.1, 0.15) is 45.1 Å². The molecule has 0 aliphatic heterocycles. The number of hydrogen-bond donors (Lipinski definition) is 1. The molecule has 0 saturated heterocycles. The number of amidine groups is 1. The fourth-order valence-electron chi connectivity index (χ4n) is 3.48. The quantitative estimate of drug-likeness (QED) is 0.290. The van der Waals surface area contributed by atoms with Crippen LogP contribution in [0.25, 0.3) is 22.4 Å². The second-order valence-corrected chi connectivity index (χ2v) is 7.33. The lowest BCUT2D eigenvalue weighted by Crippen LogP contribution is -2.14. The van der Waals surface area contributed by atoms with Gasteiger partial charge in [0.1, 0.15) is 11.7 Å². The molecule has 0 fully saturated rings. The summed E-state index contributed by atoms with van der Waals surface area (Å²) in [7, 11) is 3.29. The van der Waals surface area contributed by atoms with E-state index in [0.717, 1.165) is 66.8 Å². The number of hydrogen-bond acceptors (Lipinski definition) is 4. The number of fused-ring (bicyclic) bond motifs is 1. The highest BCUT2D eigenvalue weighted by molar-refractivity contribution is 6.00. The summed E-state index contributed by atoms with van der Waals surface area (Å²) in [5, 5.41) is 0. The summed E-state index contributed by atoms with van der Waals surface area (Å²) >= 11 is 0. The van der Waals surface area contributed by atoms with Gasteiger partial charge in [0.2, 0.25) is 0 Å². The molecule has 0 radical (unpaired) electrons. The van der Waals surface area contributed by atoms with E-state index in [-0.39, 0.29) is 0 Å². The minimum Gasteiger partial charge on any atom is -0.493 e. The van der Waals surface area contributed by atoms with Gasteiger partial charge in [0, 0.05) is 24.2 Å². The van der Waals surface area contributed by atoms with Crippen molar-refractivity contribution < 1.29 is 9.47 Å². The highest BCUT2D eigenvalue weighted by Crippen LogP contribution is 2.33. The first kappa shape index (κ1) is 21.7. The normalized spacial score (nSPS) is 11.8. The minimum atomic E-state index is 0.570. The average molecular weight is 409 g/mol. The number of rotatable bonds is 10. The molecule has 0 amide bonds. The third kappa shape index (κ3) is 4.58. The fraction of sp³-hybridized carbons (Fsp3) is 0.417. The van der Waals surface area contributed by atoms with Gasteiger partial charge in [-0.2, -0.15) is 0 Å². The Morgan fingerprint density at radius 1 is 1.00 bits per heavy atom. The number of benzene rings is 2. The Morgan fingerprint density at radius 3 is 2.47 bits per heavy atom. The number of aryl methyl sites for hydroxylation is 1. The third-order valence-corrected chi connectivity index (χ3v) is 5.21. The Bertz CT molecular complexity index is 1020. The van der Waals surface area contributed by atoms with Gasteiger partial charge in [0.25, 0.3) is 0 Å². The van der Waals surface area contributed by atoms with E-state index in [4.69, 9.17) is 20.2 Å². The van der Waals surface area contributed by atoms with Gasteiger partial charge >= 0.3 is 0 Å². The van der Waals surface area contributed by atoms with Crippen molar-refractivity contribution in [3.63, 3.8) is 0 Å².